The van der Waals surface area contributed by atoms with E-state index in [1.807, 2.05) is 19.9 Å². The average Bonchev–Trinajstić information content (AvgIpc) is 3.42. The Labute approximate surface area is 211 Å². The molecule has 0 spiro atoms. The van der Waals surface area contributed by atoms with Crippen LogP contribution in [0.1, 0.15) is 11.4 Å². The summed E-state index contributed by atoms with van der Waals surface area (Å²) in [6.45, 7) is 3.77. The topological polar surface area (TPSA) is 110 Å². The lowest BCUT2D eigenvalue weighted by molar-refractivity contribution is 0.599. The van der Waals surface area contributed by atoms with Crippen LogP contribution in [0.5, 0.6) is 0 Å². The maximum Gasteiger partial charge on any atom is 0.271 e. The summed E-state index contributed by atoms with van der Waals surface area (Å²) in [5, 5.41) is 6.11. The van der Waals surface area contributed by atoms with Gasteiger partial charge in [0.1, 0.15) is 4.21 Å². The molecule has 0 aliphatic heterocycles. The van der Waals surface area contributed by atoms with Gasteiger partial charge in [0.15, 0.2) is 0 Å². The monoisotopic (exact) mass is 556 g/mol. The van der Waals surface area contributed by atoms with E-state index in [0.29, 0.717) is 5.69 Å². The van der Waals surface area contributed by atoms with Crippen LogP contribution in [0.3, 0.4) is 0 Å². The van der Waals surface area contributed by atoms with Crippen molar-refractivity contribution in [2.75, 3.05) is 9.44 Å². The Hall–Kier alpha value is -2.57. The van der Waals surface area contributed by atoms with Crippen LogP contribution in [-0.2, 0) is 20.0 Å². The number of hydrogen-bond acceptors (Lipinski definition) is 6. The fourth-order valence-corrected chi connectivity index (χ4v) is 6.65. The molecule has 0 unspecified atom stereocenters. The summed E-state index contributed by atoms with van der Waals surface area (Å²) in [5.74, 6) is 0. The number of sulfonamides is 2. The molecule has 0 aliphatic rings. The van der Waals surface area contributed by atoms with Crippen molar-refractivity contribution in [2.45, 2.75) is 23.0 Å². The van der Waals surface area contributed by atoms with Crippen molar-refractivity contribution >= 4 is 66.0 Å². The summed E-state index contributed by atoms with van der Waals surface area (Å²) in [6, 6.07) is 13.5. The third-order valence-corrected chi connectivity index (χ3v) is 9.58. The van der Waals surface area contributed by atoms with Gasteiger partial charge in [0.05, 0.1) is 37.7 Å². The first kappa shape index (κ1) is 24.6. The van der Waals surface area contributed by atoms with E-state index < -0.39 is 20.0 Å². The summed E-state index contributed by atoms with van der Waals surface area (Å²) >= 11 is 13.2. The first-order chi connectivity index (χ1) is 16.0. The van der Waals surface area contributed by atoms with Crippen LogP contribution in [-0.4, -0.2) is 26.6 Å². The molecular weight excluding hydrogens is 539 g/mol. The number of rotatable bonds is 7. The van der Waals surface area contributed by atoms with Gasteiger partial charge in [-0.1, -0.05) is 29.3 Å². The van der Waals surface area contributed by atoms with Crippen molar-refractivity contribution in [1.82, 2.24) is 9.78 Å². The zero-order valence-electron chi connectivity index (χ0n) is 17.8. The number of aryl methyl sites for hydroxylation is 2. The number of anilines is 2. The molecule has 0 bridgehead atoms. The first-order valence-electron chi connectivity index (χ1n) is 9.68. The van der Waals surface area contributed by atoms with Crippen LogP contribution in [0.15, 0.2) is 69.1 Å². The van der Waals surface area contributed by atoms with Gasteiger partial charge in [-0.15, -0.1) is 11.3 Å². The molecule has 2 N–H and O–H groups in total. The first-order valence-corrected chi connectivity index (χ1v) is 14.3. The van der Waals surface area contributed by atoms with Crippen molar-refractivity contribution in [3.05, 3.63) is 81.4 Å². The van der Waals surface area contributed by atoms with E-state index in [1.54, 1.807) is 28.3 Å². The highest BCUT2D eigenvalue weighted by Gasteiger charge is 2.22. The summed E-state index contributed by atoms with van der Waals surface area (Å²) in [7, 11) is -8.05. The molecule has 2 aromatic heterocycles. The Morgan fingerprint density at radius 1 is 0.853 bits per heavy atom. The lowest BCUT2D eigenvalue weighted by Crippen LogP contribution is -2.17. The molecular formula is C21H18Cl2N4O4S3. The van der Waals surface area contributed by atoms with Crippen LogP contribution in [0, 0.1) is 13.8 Å². The van der Waals surface area contributed by atoms with E-state index in [-0.39, 0.29) is 30.5 Å². The Morgan fingerprint density at radius 3 is 1.94 bits per heavy atom. The SMILES string of the molecule is Cc1cc(C)n(-c2ccc(S(=O)(=O)Nc3cc(Cl)c(Cl)cc3NS(=O)(=O)c3cccs3)cc2)n1. The molecule has 0 aliphatic carbocycles. The number of thiophene rings is 1. The van der Waals surface area contributed by atoms with Crippen LogP contribution >= 0.6 is 34.5 Å². The number of halogens is 2. The fourth-order valence-electron chi connectivity index (χ4n) is 3.19. The fraction of sp³-hybridized carbons (Fsp3) is 0.0952. The van der Waals surface area contributed by atoms with E-state index in [0.717, 1.165) is 22.7 Å². The molecule has 8 nitrogen and oxygen atoms in total. The minimum Gasteiger partial charge on any atom is -0.277 e. The largest absolute Gasteiger partial charge is 0.277 e. The second-order valence-corrected chi connectivity index (χ2v) is 12.6. The van der Waals surface area contributed by atoms with Crippen molar-refractivity contribution < 1.29 is 16.8 Å². The van der Waals surface area contributed by atoms with Gasteiger partial charge in [-0.05, 0) is 67.8 Å². The number of benzene rings is 2. The Balaban J connectivity index is 1.66. The maximum atomic E-state index is 13.1. The van der Waals surface area contributed by atoms with Gasteiger partial charge in [0.25, 0.3) is 20.0 Å². The van der Waals surface area contributed by atoms with E-state index in [4.69, 9.17) is 23.2 Å². The smallest absolute Gasteiger partial charge is 0.271 e. The molecule has 13 heteroatoms. The molecule has 178 valence electrons. The van der Waals surface area contributed by atoms with Gasteiger partial charge >= 0.3 is 0 Å². The summed E-state index contributed by atoms with van der Waals surface area (Å²) < 4.78 is 58.1. The molecule has 0 amide bonds. The number of nitrogens with one attached hydrogen (secondary N) is 2. The molecule has 0 saturated carbocycles. The van der Waals surface area contributed by atoms with Gasteiger partial charge in [-0.25, -0.2) is 21.5 Å². The maximum absolute atomic E-state index is 13.1. The highest BCUT2D eigenvalue weighted by molar-refractivity contribution is 7.94. The lowest BCUT2D eigenvalue weighted by Gasteiger charge is -2.15. The average molecular weight is 558 g/mol. The molecule has 0 saturated heterocycles. The van der Waals surface area contributed by atoms with Crippen LogP contribution in [0.2, 0.25) is 10.0 Å². The van der Waals surface area contributed by atoms with Gasteiger partial charge < -0.3 is 0 Å². The van der Waals surface area contributed by atoms with Gasteiger partial charge in [-0.2, -0.15) is 5.10 Å². The van der Waals surface area contributed by atoms with Gasteiger partial charge in [0.2, 0.25) is 0 Å². The molecule has 0 fully saturated rings. The highest BCUT2D eigenvalue weighted by Crippen LogP contribution is 2.35. The zero-order chi connectivity index (χ0) is 24.7. The molecule has 34 heavy (non-hydrogen) atoms. The van der Waals surface area contributed by atoms with Gasteiger partial charge in [-0.3, -0.25) is 9.44 Å². The number of nitrogens with zero attached hydrogens (tertiary/aromatic N) is 2. The van der Waals surface area contributed by atoms with Crippen molar-refractivity contribution in [3.63, 3.8) is 0 Å². The van der Waals surface area contributed by atoms with Crippen LogP contribution in [0.4, 0.5) is 11.4 Å². The van der Waals surface area contributed by atoms with Gasteiger partial charge in [0, 0.05) is 5.69 Å². The minimum absolute atomic E-state index is 0.0316. The predicted octanol–water partition coefficient (Wildman–Crippen LogP) is 5.46. The normalized spacial score (nSPS) is 12.0. The molecule has 4 aromatic rings. The Kier molecular flexibility index (Phi) is 6.67. The molecule has 0 atom stereocenters. The van der Waals surface area contributed by atoms with E-state index in [1.165, 1.54) is 30.3 Å². The van der Waals surface area contributed by atoms with E-state index in [9.17, 15) is 16.8 Å². The lowest BCUT2D eigenvalue weighted by atomic mass is 10.3. The summed E-state index contributed by atoms with van der Waals surface area (Å²) in [6.07, 6.45) is 0. The quantitative estimate of drug-likeness (QED) is 0.314. The van der Waals surface area contributed by atoms with Crippen molar-refractivity contribution in [1.29, 1.82) is 0 Å². The minimum atomic E-state index is -4.09. The van der Waals surface area contributed by atoms with E-state index >= 15 is 0 Å². The third kappa shape index (κ3) is 5.08. The number of hydrogen-bond donors (Lipinski definition) is 2. The van der Waals surface area contributed by atoms with Crippen molar-refractivity contribution in [3.8, 4) is 5.69 Å². The molecule has 2 heterocycles. The second-order valence-electron chi connectivity index (χ2n) is 7.29. The zero-order valence-corrected chi connectivity index (χ0v) is 21.7. The highest BCUT2D eigenvalue weighted by atomic mass is 35.5. The summed E-state index contributed by atoms with van der Waals surface area (Å²) in [5.41, 5.74) is 2.31. The van der Waals surface area contributed by atoms with Crippen LogP contribution in [0.25, 0.3) is 5.69 Å². The molecule has 2 aromatic carbocycles. The third-order valence-electron chi connectivity index (χ3n) is 4.71. The standard InChI is InChI=1S/C21H18Cl2N4O4S3/c1-13-10-14(2)27(24-13)15-5-7-16(8-6-15)33(28,29)25-19-11-17(22)18(23)12-20(19)26-34(30,31)21-4-3-9-32-21/h3-12,25-26H,1-2H3. The van der Waals surface area contributed by atoms with Crippen molar-refractivity contribution in [2.24, 2.45) is 0 Å². The van der Waals surface area contributed by atoms with E-state index in [2.05, 4.69) is 14.5 Å². The molecule has 4 rings (SSSR count). The Bertz CT molecular complexity index is 1560. The number of aromatic nitrogens is 2. The second kappa shape index (κ2) is 9.23. The Morgan fingerprint density at radius 2 is 1.44 bits per heavy atom. The van der Waals surface area contributed by atoms with Crippen LogP contribution < -0.4 is 9.44 Å². The molecule has 0 radical (unpaired) electrons. The predicted molar refractivity (Wildman–Crippen MR) is 135 cm³/mol. The summed E-state index contributed by atoms with van der Waals surface area (Å²) in [4.78, 5) is -0.0316.